The largest absolute Gasteiger partial charge is 0.456 e. The molecule has 0 aliphatic heterocycles. The van der Waals surface area contributed by atoms with E-state index in [0.29, 0.717) is 28.2 Å². The maximum absolute atomic E-state index is 13.3. The number of hydrogen-bond acceptors (Lipinski definition) is 3. The van der Waals surface area contributed by atoms with E-state index in [1.807, 2.05) is 0 Å². The van der Waals surface area contributed by atoms with E-state index in [1.165, 1.54) is 12.1 Å². The molecule has 0 aliphatic rings. The first-order chi connectivity index (χ1) is 8.60. The van der Waals surface area contributed by atoms with Gasteiger partial charge in [-0.2, -0.15) is 0 Å². The molecule has 3 nitrogen and oxygen atoms in total. The van der Waals surface area contributed by atoms with E-state index in [-0.39, 0.29) is 5.02 Å². The lowest BCUT2D eigenvalue weighted by Crippen LogP contribution is -1.99. The van der Waals surface area contributed by atoms with Gasteiger partial charge in [-0.25, -0.2) is 4.39 Å². The maximum atomic E-state index is 13.3. The minimum Gasteiger partial charge on any atom is -0.456 e. The minimum atomic E-state index is -0.539. The van der Waals surface area contributed by atoms with Crippen molar-refractivity contribution >= 4 is 27.5 Å². The third kappa shape index (κ3) is 2.98. The summed E-state index contributed by atoms with van der Waals surface area (Å²) in [7, 11) is 0. The van der Waals surface area contributed by atoms with Crippen LogP contribution in [0.4, 0.5) is 4.39 Å². The predicted octanol–water partition coefficient (Wildman–Crippen LogP) is 3.89. The van der Waals surface area contributed by atoms with Crippen LogP contribution in [0, 0.1) is 5.82 Å². The lowest BCUT2D eigenvalue weighted by Gasteiger charge is -2.09. The first-order valence-corrected chi connectivity index (χ1v) is 6.24. The van der Waals surface area contributed by atoms with Gasteiger partial charge in [-0.3, -0.25) is 4.98 Å². The molecule has 0 bridgehead atoms. The molecule has 1 heterocycles. The zero-order valence-electron chi connectivity index (χ0n) is 9.16. The van der Waals surface area contributed by atoms with Crippen molar-refractivity contribution < 1.29 is 9.13 Å². The summed E-state index contributed by atoms with van der Waals surface area (Å²) in [6.07, 6.45) is 1.58. The Morgan fingerprint density at radius 1 is 1.39 bits per heavy atom. The molecule has 0 unspecified atom stereocenters. The average Bonchev–Trinajstić information content (AvgIpc) is 2.36. The highest BCUT2D eigenvalue weighted by Gasteiger charge is 2.09. The van der Waals surface area contributed by atoms with Crippen molar-refractivity contribution in [2.75, 3.05) is 0 Å². The highest BCUT2D eigenvalue weighted by atomic mass is 79.9. The monoisotopic (exact) mass is 330 g/mol. The number of ether oxygens (including phenoxy) is 1. The maximum Gasteiger partial charge on any atom is 0.145 e. The van der Waals surface area contributed by atoms with Crippen molar-refractivity contribution in [1.29, 1.82) is 0 Å². The summed E-state index contributed by atoms with van der Waals surface area (Å²) >= 11 is 8.91. The molecule has 0 spiro atoms. The van der Waals surface area contributed by atoms with Crippen LogP contribution in [0.25, 0.3) is 0 Å². The molecular formula is C12H9BrClFN2O. The van der Waals surface area contributed by atoms with Crippen LogP contribution in [0.3, 0.4) is 0 Å². The topological polar surface area (TPSA) is 48.1 Å². The second-order valence-electron chi connectivity index (χ2n) is 3.49. The van der Waals surface area contributed by atoms with E-state index in [1.54, 1.807) is 18.3 Å². The molecular weight excluding hydrogens is 322 g/mol. The van der Waals surface area contributed by atoms with Crippen molar-refractivity contribution in [2.24, 2.45) is 5.73 Å². The van der Waals surface area contributed by atoms with E-state index >= 15 is 0 Å². The number of nitrogens with two attached hydrogens (primary N) is 1. The average molecular weight is 332 g/mol. The molecule has 0 radical (unpaired) electrons. The molecule has 0 fully saturated rings. The fourth-order valence-corrected chi connectivity index (χ4v) is 2.06. The highest BCUT2D eigenvalue weighted by Crippen LogP contribution is 2.33. The number of aromatic nitrogens is 1. The van der Waals surface area contributed by atoms with Crippen LogP contribution in [0.5, 0.6) is 11.5 Å². The molecule has 18 heavy (non-hydrogen) atoms. The third-order valence-electron chi connectivity index (χ3n) is 2.20. The SMILES string of the molecule is NCc1cc(Oc2cc(F)c(Cl)cc2Br)ccn1. The third-order valence-corrected chi connectivity index (χ3v) is 3.11. The van der Waals surface area contributed by atoms with Crippen molar-refractivity contribution in [3.8, 4) is 11.5 Å². The molecule has 0 amide bonds. The number of pyridine rings is 1. The fraction of sp³-hybridized carbons (Fsp3) is 0.0833. The summed E-state index contributed by atoms with van der Waals surface area (Å²) in [6, 6.07) is 6.02. The molecule has 6 heteroatoms. The quantitative estimate of drug-likeness (QED) is 0.868. The number of benzene rings is 1. The van der Waals surface area contributed by atoms with Gasteiger partial charge in [0.1, 0.15) is 17.3 Å². The smallest absolute Gasteiger partial charge is 0.145 e. The van der Waals surface area contributed by atoms with Crippen LogP contribution in [0.1, 0.15) is 5.69 Å². The van der Waals surface area contributed by atoms with Crippen LogP contribution >= 0.6 is 27.5 Å². The Labute approximate surface area is 117 Å². The van der Waals surface area contributed by atoms with E-state index in [2.05, 4.69) is 20.9 Å². The zero-order chi connectivity index (χ0) is 13.1. The second-order valence-corrected chi connectivity index (χ2v) is 4.75. The van der Waals surface area contributed by atoms with E-state index in [0.717, 1.165) is 0 Å². The summed E-state index contributed by atoms with van der Waals surface area (Å²) < 4.78 is 19.5. The van der Waals surface area contributed by atoms with Crippen LogP contribution in [0.15, 0.2) is 34.9 Å². The molecule has 0 saturated carbocycles. The Bertz CT molecular complexity index is 580. The standard InChI is InChI=1S/C12H9BrClFN2O/c13-9-4-10(14)11(15)5-12(9)18-8-1-2-17-7(3-8)6-16/h1-5H,6,16H2. The van der Waals surface area contributed by atoms with Crippen molar-refractivity contribution in [3.05, 3.63) is 51.5 Å². The molecule has 1 aromatic heterocycles. The van der Waals surface area contributed by atoms with E-state index < -0.39 is 5.82 Å². The molecule has 0 saturated heterocycles. The second kappa shape index (κ2) is 5.65. The van der Waals surface area contributed by atoms with Crippen LogP contribution in [0.2, 0.25) is 5.02 Å². The fourth-order valence-electron chi connectivity index (χ4n) is 1.34. The lowest BCUT2D eigenvalue weighted by atomic mass is 10.3. The number of nitrogens with zero attached hydrogens (tertiary/aromatic N) is 1. The summed E-state index contributed by atoms with van der Waals surface area (Å²) in [5.41, 5.74) is 6.17. The summed E-state index contributed by atoms with van der Waals surface area (Å²) in [5, 5.41) is 0.0339. The van der Waals surface area contributed by atoms with Gasteiger partial charge < -0.3 is 10.5 Å². The van der Waals surface area contributed by atoms with Gasteiger partial charge in [-0.1, -0.05) is 11.6 Å². The zero-order valence-corrected chi connectivity index (χ0v) is 11.5. The predicted molar refractivity (Wildman–Crippen MR) is 71.3 cm³/mol. The molecule has 2 N–H and O–H groups in total. The molecule has 1 aromatic carbocycles. The number of hydrogen-bond donors (Lipinski definition) is 1. The van der Waals surface area contributed by atoms with Crippen molar-refractivity contribution in [2.45, 2.75) is 6.54 Å². The van der Waals surface area contributed by atoms with Gasteiger partial charge >= 0.3 is 0 Å². The summed E-state index contributed by atoms with van der Waals surface area (Å²) in [5.74, 6) is 0.335. The minimum absolute atomic E-state index is 0.0339. The lowest BCUT2D eigenvalue weighted by molar-refractivity contribution is 0.472. The first kappa shape index (κ1) is 13.3. The van der Waals surface area contributed by atoms with Gasteiger partial charge in [-0.05, 0) is 28.1 Å². The molecule has 0 atom stereocenters. The molecule has 0 aliphatic carbocycles. The normalized spacial score (nSPS) is 10.4. The van der Waals surface area contributed by atoms with Gasteiger partial charge in [0, 0.05) is 24.9 Å². The van der Waals surface area contributed by atoms with Gasteiger partial charge in [0.25, 0.3) is 0 Å². The Balaban J connectivity index is 2.30. The first-order valence-electron chi connectivity index (χ1n) is 5.07. The van der Waals surface area contributed by atoms with Gasteiger partial charge in [-0.15, -0.1) is 0 Å². The van der Waals surface area contributed by atoms with E-state index in [4.69, 9.17) is 22.1 Å². The Hall–Kier alpha value is -1.17. The number of halogens is 3. The van der Waals surface area contributed by atoms with Gasteiger partial charge in [0.05, 0.1) is 15.2 Å². The molecule has 2 rings (SSSR count). The van der Waals surface area contributed by atoms with Crippen LogP contribution in [-0.2, 0) is 6.54 Å². The number of rotatable bonds is 3. The van der Waals surface area contributed by atoms with E-state index in [9.17, 15) is 4.39 Å². The van der Waals surface area contributed by atoms with Crippen LogP contribution < -0.4 is 10.5 Å². The van der Waals surface area contributed by atoms with Crippen molar-refractivity contribution in [1.82, 2.24) is 4.98 Å². The molecule has 94 valence electrons. The highest BCUT2D eigenvalue weighted by molar-refractivity contribution is 9.10. The van der Waals surface area contributed by atoms with Gasteiger partial charge in [0.15, 0.2) is 0 Å². The summed E-state index contributed by atoms with van der Waals surface area (Å²) in [6.45, 7) is 0.313. The Kier molecular flexibility index (Phi) is 4.16. The van der Waals surface area contributed by atoms with Crippen molar-refractivity contribution in [3.63, 3.8) is 0 Å². The Morgan fingerprint density at radius 3 is 2.89 bits per heavy atom. The summed E-state index contributed by atoms with van der Waals surface area (Å²) in [4.78, 5) is 4.04. The van der Waals surface area contributed by atoms with Crippen LogP contribution in [-0.4, -0.2) is 4.98 Å². The van der Waals surface area contributed by atoms with Gasteiger partial charge in [0.2, 0.25) is 0 Å². The Morgan fingerprint density at radius 2 is 2.17 bits per heavy atom. The molecule has 2 aromatic rings.